The summed E-state index contributed by atoms with van der Waals surface area (Å²) in [5, 5.41) is 3.34. The van der Waals surface area contributed by atoms with Crippen LogP contribution in [0, 0.1) is 5.82 Å². The van der Waals surface area contributed by atoms with Gasteiger partial charge in [-0.05, 0) is 43.2 Å². The molecule has 0 bridgehead atoms. The van der Waals surface area contributed by atoms with Crippen LogP contribution in [-0.4, -0.2) is 55.8 Å². The number of nitrogens with one attached hydrogen (secondary N) is 1. The number of aromatic nitrogens is 4. The zero-order valence-corrected chi connectivity index (χ0v) is 17.2. The molecule has 3 aromatic heterocycles. The summed E-state index contributed by atoms with van der Waals surface area (Å²) < 4.78 is 20.7. The maximum Gasteiger partial charge on any atom is 0.306 e. The van der Waals surface area contributed by atoms with Crippen molar-refractivity contribution in [3.05, 3.63) is 54.8 Å². The lowest BCUT2D eigenvalue weighted by Gasteiger charge is -2.33. The van der Waals surface area contributed by atoms with Gasteiger partial charge in [-0.2, -0.15) is 4.98 Å². The van der Waals surface area contributed by atoms with Gasteiger partial charge in [0, 0.05) is 37.1 Å². The lowest BCUT2D eigenvalue weighted by molar-refractivity contribution is -0.130. The summed E-state index contributed by atoms with van der Waals surface area (Å²) in [6.45, 7) is 1.28. The smallest absolute Gasteiger partial charge is 0.306 e. The van der Waals surface area contributed by atoms with Gasteiger partial charge in [0.25, 0.3) is 0 Å². The van der Waals surface area contributed by atoms with E-state index >= 15 is 0 Å². The van der Waals surface area contributed by atoms with Crippen molar-refractivity contribution in [2.75, 3.05) is 25.0 Å². The first kappa shape index (κ1) is 20.1. The fourth-order valence-electron chi connectivity index (χ4n) is 4.03. The van der Waals surface area contributed by atoms with Gasteiger partial charge in [-0.25, -0.2) is 14.4 Å². The minimum atomic E-state index is -0.318. The van der Waals surface area contributed by atoms with Crippen LogP contribution in [0.1, 0.15) is 12.8 Å². The second-order valence-electron chi connectivity index (χ2n) is 7.66. The minimum Gasteiger partial charge on any atom is -0.432 e. The molecule has 1 saturated heterocycles. The van der Waals surface area contributed by atoms with Crippen LogP contribution in [0.15, 0.2) is 53.4 Å². The fraction of sp³-hybridized carbons (Fsp3) is 0.273. The second kappa shape index (κ2) is 8.39. The van der Waals surface area contributed by atoms with E-state index < -0.39 is 0 Å². The number of piperidine rings is 1. The Balaban J connectivity index is 1.47. The Morgan fingerprint density at radius 2 is 2.09 bits per heavy atom. The molecule has 32 heavy (non-hydrogen) atoms. The van der Waals surface area contributed by atoms with E-state index in [-0.39, 0.29) is 24.3 Å². The zero-order valence-electron chi connectivity index (χ0n) is 17.2. The van der Waals surface area contributed by atoms with Crippen molar-refractivity contribution >= 4 is 17.7 Å². The number of hydrogen-bond acceptors (Lipinski definition) is 7. The number of likely N-dealkylation sites (tertiary alicyclic amines) is 1. The Bertz CT molecular complexity index is 1250. The van der Waals surface area contributed by atoms with Gasteiger partial charge >= 0.3 is 5.84 Å². The molecule has 1 aliphatic rings. The molecule has 3 N–H and O–H groups in total. The van der Waals surface area contributed by atoms with Crippen molar-refractivity contribution in [2.45, 2.75) is 18.9 Å². The summed E-state index contributed by atoms with van der Waals surface area (Å²) in [4.78, 5) is 27.4. The van der Waals surface area contributed by atoms with Crippen LogP contribution in [0.5, 0.6) is 0 Å². The molecule has 1 fully saturated rings. The number of nitrogens with two attached hydrogens (primary N) is 1. The molecular weight excluding hydrogens is 413 g/mol. The summed E-state index contributed by atoms with van der Waals surface area (Å²) in [6.07, 6.45) is 6.77. The Morgan fingerprint density at radius 3 is 2.91 bits per heavy atom. The predicted molar refractivity (Wildman–Crippen MR) is 116 cm³/mol. The first-order valence-electron chi connectivity index (χ1n) is 10.4. The van der Waals surface area contributed by atoms with Crippen LogP contribution < -0.4 is 11.1 Å². The molecule has 5 rings (SSSR count). The van der Waals surface area contributed by atoms with Crippen molar-refractivity contribution in [1.29, 1.82) is 0 Å². The van der Waals surface area contributed by atoms with Crippen LogP contribution in [0.3, 0.4) is 0 Å². The van der Waals surface area contributed by atoms with Gasteiger partial charge in [0.2, 0.25) is 11.9 Å². The number of imidazole rings is 1. The standard InChI is InChI=1S/C22H22FN7O2/c23-15-5-3-14(4-6-15)19-20(30-10-11-32-22(30)28-19)17-7-8-25-21(27-17)26-16-2-1-9-29(13-16)18(31)12-24/h3-8,10-11,16H,1-2,9,12-13,24H2,(H,25,26,27)/t16-/m1/s1. The topological polar surface area (TPSA) is 115 Å². The first-order valence-corrected chi connectivity index (χ1v) is 10.4. The Morgan fingerprint density at radius 1 is 1.25 bits per heavy atom. The molecule has 0 saturated carbocycles. The predicted octanol–water partition coefficient (Wildman–Crippen LogP) is 2.55. The van der Waals surface area contributed by atoms with E-state index in [2.05, 4.69) is 15.3 Å². The average Bonchev–Trinajstić information content (AvgIpc) is 3.41. The molecule has 0 unspecified atom stereocenters. The van der Waals surface area contributed by atoms with Crippen molar-refractivity contribution < 1.29 is 13.6 Å². The molecule has 164 valence electrons. The first-order chi connectivity index (χ1) is 15.6. The number of rotatable bonds is 5. The monoisotopic (exact) mass is 435 g/mol. The molecule has 1 amide bonds. The van der Waals surface area contributed by atoms with Crippen LogP contribution >= 0.6 is 0 Å². The average molecular weight is 435 g/mol. The van der Waals surface area contributed by atoms with E-state index in [1.54, 1.807) is 46.2 Å². The van der Waals surface area contributed by atoms with Crippen molar-refractivity contribution in [3.63, 3.8) is 0 Å². The zero-order chi connectivity index (χ0) is 22.1. The van der Waals surface area contributed by atoms with Gasteiger partial charge in [-0.3, -0.25) is 9.20 Å². The highest BCUT2D eigenvalue weighted by Crippen LogP contribution is 2.32. The largest absolute Gasteiger partial charge is 0.432 e. The van der Waals surface area contributed by atoms with Crippen LogP contribution in [-0.2, 0) is 4.79 Å². The molecule has 1 aromatic carbocycles. The molecule has 1 aliphatic heterocycles. The Hall–Kier alpha value is -3.79. The molecule has 0 radical (unpaired) electrons. The highest BCUT2D eigenvalue weighted by molar-refractivity contribution is 5.80. The van der Waals surface area contributed by atoms with Gasteiger partial charge in [-0.1, -0.05) is 0 Å². The summed E-state index contributed by atoms with van der Waals surface area (Å²) in [5.74, 6) is 0.492. The summed E-state index contributed by atoms with van der Waals surface area (Å²) >= 11 is 0. The molecule has 0 spiro atoms. The number of carbonyl (C=O) groups is 1. The highest BCUT2D eigenvalue weighted by Gasteiger charge is 2.24. The summed E-state index contributed by atoms with van der Waals surface area (Å²) in [7, 11) is 0. The van der Waals surface area contributed by atoms with Gasteiger partial charge < -0.3 is 20.4 Å². The molecule has 1 atom stereocenters. The highest BCUT2D eigenvalue weighted by atomic mass is 19.1. The number of carbonyl (C=O) groups excluding carboxylic acids is 1. The van der Waals surface area contributed by atoms with Crippen LogP contribution in [0.25, 0.3) is 28.5 Å². The third kappa shape index (κ3) is 3.80. The molecule has 10 heteroatoms. The molecule has 0 aliphatic carbocycles. The number of fused-ring (bicyclic) bond motifs is 1. The van der Waals surface area contributed by atoms with Crippen molar-refractivity contribution in [1.82, 2.24) is 24.3 Å². The summed E-state index contributed by atoms with van der Waals surface area (Å²) in [6, 6.07) is 7.96. The maximum absolute atomic E-state index is 13.4. The molecular formula is C22H22FN7O2. The Labute approximate surface area is 183 Å². The van der Waals surface area contributed by atoms with Crippen LogP contribution in [0.2, 0.25) is 0 Å². The third-order valence-electron chi connectivity index (χ3n) is 5.56. The lowest BCUT2D eigenvalue weighted by Crippen LogP contribution is -2.47. The van der Waals surface area contributed by atoms with Crippen LogP contribution in [0.4, 0.5) is 10.3 Å². The number of oxazole rings is 1. The fourth-order valence-corrected chi connectivity index (χ4v) is 4.03. The normalized spacial score (nSPS) is 16.4. The SMILES string of the molecule is NCC(=O)N1CCC[C@@H](Nc2nccc(-c3c(-c4ccc(F)cc4)nc4occn34)n2)C1. The van der Waals surface area contributed by atoms with Crippen molar-refractivity contribution in [3.8, 4) is 22.6 Å². The van der Waals surface area contributed by atoms with E-state index in [0.29, 0.717) is 36.3 Å². The van der Waals surface area contributed by atoms with E-state index in [4.69, 9.17) is 15.1 Å². The number of amides is 1. The minimum absolute atomic E-state index is 0.00673. The van der Waals surface area contributed by atoms with E-state index in [9.17, 15) is 9.18 Å². The van der Waals surface area contributed by atoms with Gasteiger partial charge in [0.05, 0.1) is 12.2 Å². The molecule has 4 aromatic rings. The number of hydrogen-bond donors (Lipinski definition) is 2. The van der Waals surface area contributed by atoms with E-state index in [1.807, 2.05) is 0 Å². The maximum atomic E-state index is 13.4. The Kier molecular flexibility index (Phi) is 5.28. The van der Waals surface area contributed by atoms with E-state index in [0.717, 1.165) is 24.1 Å². The number of halogens is 1. The number of anilines is 1. The number of nitrogens with zero attached hydrogens (tertiary/aromatic N) is 5. The molecule has 9 nitrogen and oxygen atoms in total. The second-order valence-corrected chi connectivity index (χ2v) is 7.66. The van der Waals surface area contributed by atoms with Gasteiger partial charge in [0.15, 0.2) is 0 Å². The van der Waals surface area contributed by atoms with E-state index in [1.165, 1.54) is 12.1 Å². The quantitative estimate of drug-likeness (QED) is 0.495. The third-order valence-corrected chi connectivity index (χ3v) is 5.56. The summed E-state index contributed by atoms with van der Waals surface area (Å²) in [5.41, 5.74) is 8.24. The van der Waals surface area contributed by atoms with Gasteiger partial charge in [-0.15, -0.1) is 0 Å². The number of benzene rings is 1. The lowest BCUT2D eigenvalue weighted by atomic mass is 10.1. The van der Waals surface area contributed by atoms with Crippen molar-refractivity contribution in [2.24, 2.45) is 5.73 Å². The molecule has 4 heterocycles. The van der Waals surface area contributed by atoms with Gasteiger partial charge in [0.1, 0.15) is 23.5 Å².